The number of rotatable bonds is 2. The Bertz CT molecular complexity index is 156. The maximum absolute atomic E-state index is 3.96. The maximum atomic E-state index is 3.96. The predicted molar refractivity (Wildman–Crippen MR) is 60.2 cm³/mol. The van der Waals surface area contributed by atoms with Crippen LogP contribution in [-0.2, 0) is 0 Å². The molecule has 0 spiro atoms. The molecule has 2 saturated heterocycles. The van der Waals surface area contributed by atoms with Gasteiger partial charge >= 0.3 is 0 Å². The van der Waals surface area contributed by atoms with Crippen molar-refractivity contribution < 1.29 is 0 Å². The maximum Gasteiger partial charge on any atom is 0.0120 e. The van der Waals surface area contributed by atoms with Crippen LogP contribution in [0.3, 0.4) is 0 Å². The monoisotopic (exact) mass is 195 g/mol. The minimum absolute atomic E-state index is 0.887. The van der Waals surface area contributed by atoms with Crippen LogP contribution in [0, 0.1) is 6.92 Å². The molecule has 2 heteroatoms. The van der Waals surface area contributed by atoms with Gasteiger partial charge in [0.05, 0.1) is 0 Å². The average molecular weight is 195 g/mol. The van der Waals surface area contributed by atoms with Crippen LogP contribution >= 0.6 is 0 Å². The third-order valence-corrected chi connectivity index (χ3v) is 3.78. The van der Waals surface area contributed by atoms with Crippen LogP contribution in [-0.4, -0.2) is 48.6 Å². The molecule has 2 aliphatic rings. The first-order valence-electron chi connectivity index (χ1n) is 6.16. The van der Waals surface area contributed by atoms with Crippen LogP contribution in [0.1, 0.15) is 32.1 Å². The molecular weight excluding hydrogens is 172 g/mol. The van der Waals surface area contributed by atoms with E-state index >= 15 is 0 Å². The van der Waals surface area contributed by atoms with Crippen molar-refractivity contribution in [2.45, 2.75) is 38.1 Å². The van der Waals surface area contributed by atoms with Crippen molar-refractivity contribution in [1.29, 1.82) is 0 Å². The van der Waals surface area contributed by atoms with Gasteiger partial charge in [0.15, 0.2) is 0 Å². The summed E-state index contributed by atoms with van der Waals surface area (Å²) in [4.78, 5) is 5.20. The van der Waals surface area contributed by atoms with Crippen LogP contribution in [0.15, 0.2) is 0 Å². The molecule has 2 rings (SSSR count). The van der Waals surface area contributed by atoms with E-state index in [0.29, 0.717) is 0 Å². The predicted octanol–water partition coefficient (Wildman–Crippen LogP) is 1.77. The number of piperidine rings is 2. The Balaban J connectivity index is 1.76. The molecule has 0 unspecified atom stereocenters. The average Bonchev–Trinajstić information content (AvgIpc) is 2.30. The van der Waals surface area contributed by atoms with Crippen molar-refractivity contribution in [3.63, 3.8) is 0 Å². The Morgan fingerprint density at radius 1 is 0.929 bits per heavy atom. The van der Waals surface area contributed by atoms with Crippen LogP contribution < -0.4 is 0 Å². The number of hydrogen-bond acceptors (Lipinski definition) is 2. The van der Waals surface area contributed by atoms with Gasteiger partial charge in [0, 0.05) is 6.04 Å². The van der Waals surface area contributed by atoms with Crippen LogP contribution in [0.25, 0.3) is 0 Å². The summed E-state index contributed by atoms with van der Waals surface area (Å²) in [5.74, 6) is 0. The fourth-order valence-corrected chi connectivity index (χ4v) is 2.79. The number of nitrogens with zero attached hydrogens (tertiary/aromatic N) is 2. The molecule has 0 amide bonds. The molecule has 1 radical (unpaired) electrons. The smallest absolute Gasteiger partial charge is 0.0120 e. The molecular formula is C12H23N2. The van der Waals surface area contributed by atoms with Gasteiger partial charge in [-0.15, -0.1) is 0 Å². The van der Waals surface area contributed by atoms with Gasteiger partial charge in [0.1, 0.15) is 0 Å². The first-order valence-corrected chi connectivity index (χ1v) is 6.16. The summed E-state index contributed by atoms with van der Waals surface area (Å²) < 4.78 is 0. The lowest BCUT2D eigenvalue weighted by Gasteiger charge is -2.39. The molecule has 2 fully saturated rings. The van der Waals surface area contributed by atoms with Gasteiger partial charge in [-0.05, 0) is 65.3 Å². The van der Waals surface area contributed by atoms with Crippen LogP contribution in [0.4, 0.5) is 0 Å². The Labute approximate surface area is 88.3 Å². The second-order valence-corrected chi connectivity index (χ2v) is 4.67. The Hall–Kier alpha value is -0.0800. The highest BCUT2D eigenvalue weighted by Crippen LogP contribution is 2.20. The van der Waals surface area contributed by atoms with E-state index in [1.807, 2.05) is 0 Å². The largest absolute Gasteiger partial charge is 0.303 e. The summed E-state index contributed by atoms with van der Waals surface area (Å²) in [6.07, 6.45) is 7.05. The van der Waals surface area contributed by atoms with E-state index in [0.717, 1.165) is 12.6 Å². The van der Waals surface area contributed by atoms with E-state index in [-0.39, 0.29) is 0 Å². The fraction of sp³-hybridized carbons (Fsp3) is 0.917. The molecule has 14 heavy (non-hydrogen) atoms. The van der Waals surface area contributed by atoms with E-state index in [1.54, 1.807) is 0 Å². The highest BCUT2D eigenvalue weighted by molar-refractivity contribution is 4.81. The fourth-order valence-electron chi connectivity index (χ4n) is 2.79. The molecule has 0 aromatic carbocycles. The zero-order valence-electron chi connectivity index (χ0n) is 9.25. The lowest BCUT2D eigenvalue weighted by molar-refractivity contribution is 0.0972. The van der Waals surface area contributed by atoms with Gasteiger partial charge in [0.25, 0.3) is 0 Å². The van der Waals surface area contributed by atoms with E-state index in [4.69, 9.17) is 0 Å². The van der Waals surface area contributed by atoms with E-state index in [1.165, 1.54) is 58.3 Å². The molecule has 0 aliphatic carbocycles. The third-order valence-electron chi connectivity index (χ3n) is 3.78. The van der Waals surface area contributed by atoms with Crippen molar-refractivity contribution in [3.05, 3.63) is 6.92 Å². The lowest BCUT2D eigenvalue weighted by atomic mass is 10.00. The summed E-state index contributed by atoms with van der Waals surface area (Å²) in [5.41, 5.74) is 0. The summed E-state index contributed by atoms with van der Waals surface area (Å²) in [7, 11) is 0. The number of likely N-dealkylation sites (tertiary alicyclic amines) is 2. The molecule has 2 nitrogen and oxygen atoms in total. The summed E-state index contributed by atoms with van der Waals surface area (Å²) >= 11 is 0. The highest BCUT2D eigenvalue weighted by Gasteiger charge is 2.24. The second-order valence-electron chi connectivity index (χ2n) is 4.67. The quantitative estimate of drug-likeness (QED) is 0.662. The standard InChI is InChI=1S/C12H23N2/c1-2-13-10-6-12(7-11-13)14-8-4-3-5-9-14/h12H,1-11H2. The van der Waals surface area contributed by atoms with E-state index < -0.39 is 0 Å². The van der Waals surface area contributed by atoms with Gasteiger partial charge in [0.2, 0.25) is 0 Å². The van der Waals surface area contributed by atoms with Crippen molar-refractivity contribution in [1.82, 2.24) is 9.80 Å². The minimum Gasteiger partial charge on any atom is -0.303 e. The molecule has 2 aliphatic heterocycles. The molecule has 0 atom stereocenters. The van der Waals surface area contributed by atoms with Crippen molar-refractivity contribution in [2.75, 3.05) is 32.7 Å². The third kappa shape index (κ3) is 2.48. The first-order chi connectivity index (χ1) is 6.90. The Morgan fingerprint density at radius 3 is 2.14 bits per heavy atom. The first kappa shape index (κ1) is 10.4. The van der Waals surface area contributed by atoms with Gasteiger partial charge in [-0.3, -0.25) is 0 Å². The van der Waals surface area contributed by atoms with Crippen molar-refractivity contribution in [3.8, 4) is 0 Å². The highest BCUT2D eigenvalue weighted by atomic mass is 15.2. The summed E-state index contributed by atoms with van der Waals surface area (Å²) in [6, 6.07) is 0.887. The van der Waals surface area contributed by atoms with E-state index in [2.05, 4.69) is 16.7 Å². The molecule has 0 N–H and O–H groups in total. The van der Waals surface area contributed by atoms with Gasteiger partial charge in [-0.2, -0.15) is 0 Å². The summed E-state index contributed by atoms with van der Waals surface area (Å²) in [5, 5.41) is 0. The second kappa shape index (κ2) is 5.13. The van der Waals surface area contributed by atoms with Crippen molar-refractivity contribution >= 4 is 0 Å². The molecule has 0 bridgehead atoms. The number of hydrogen-bond donors (Lipinski definition) is 0. The lowest BCUT2D eigenvalue weighted by Crippen LogP contribution is -2.46. The Morgan fingerprint density at radius 2 is 1.57 bits per heavy atom. The normalized spacial score (nSPS) is 28.1. The van der Waals surface area contributed by atoms with Gasteiger partial charge < -0.3 is 9.80 Å². The molecule has 0 aromatic rings. The van der Waals surface area contributed by atoms with Gasteiger partial charge in [-0.25, -0.2) is 0 Å². The zero-order valence-corrected chi connectivity index (χ0v) is 9.25. The molecule has 0 aromatic heterocycles. The Kier molecular flexibility index (Phi) is 3.82. The molecule has 0 saturated carbocycles. The van der Waals surface area contributed by atoms with Crippen molar-refractivity contribution in [2.24, 2.45) is 0 Å². The molecule has 2 heterocycles. The van der Waals surface area contributed by atoms with Crippen LogP contribution in [0.2, 0.25) is 0 Å². The molecule has 81 valence electrons. The summed E-state index contributed by atoms with van der Waals surface area (Å²) in [6.45, 7) is 10.2. The van der Waals surface area contributed by atoms with Crippen LogP contribution in [0.5, 0.6) is 0 Å². The topological polar surface area (TPSA) is 6.48 Å². The van der Waals surface area contributed by atoms with E-state index in [9.17, 15) is 0 Å². The van der Waals surface area contributed by atoms with Gasteiger partial charge in [-0.1, -0.05) is 6.42 Å². The minimum atomic E-state index is 0.887. The zero-order chi connectivity index (χ0) is 9.80. The SMILES string of the molecule is [CH2]CN1CCC(N2CCCCC2)CC1.